The number of esters is 1. The minimum absolute atomic E-state index is 0.0577. The molecule has 5 nitrogen and oxygen atoms in total. The molecule has 0 spiro atoms. The number of ether oxygens (including phenoxy) is 1. The Labute approximate surface area is 205 Å². The number of rotatable bonds is 10. The Kier molecular flexibility index (Phi) is 8.38. The lowest BCUT2D eigenvalue weighted by Gasteiger charge is -2.32. The van der Waals surface area contributed by atoms with Gasteiger partial charge < -0.3 is 15.2 Å². The molecule has 0 amide bonds. The number of carbonyl (C=O) groups excluding carboxylic acids is 1. The lowest BCUT2D eigenvalue weighted by Crippen LogP contribution is -2.44. The molecule has 0 heterocycles. The zero-order valence-corrected chi connectivity index (χ0v) is 19.9. The van der Waals surface area contributed by atoms with Crippen molar-refractivity contribution in [1.29, 1.82) is 0 Å². The van der Waals surface area contributed by atoms with Crippen molar-refractivity contribution < 1.29 is 41.4 Å². The second-order valence-corrected chi connectivity index (χ2v) is 9.78. The van der Waals surface area contributed by atoms with E-state index >= 15 is 0 Å². The highest BCUT2D eigenvalue weighted by molar-refractivity contribution is 5.76. The maximum absolute atomic E-state index is 14.7. The van der Waals surface area contributed by atoms with E-state index in [1.807, 2.05) is 26.0 Å². The quantitative estimate of drug-likeness (QED) is 0.333. The van der Waals surface area contributed by atoms with Gasteiger partial charge in [-0.25, -0.2) is 13.6 Å². The van der Waals surface area contributed by atoms with Gasteiger partial charge in [-0.1, -0.05) is 24.3 Å². The predicted octanol–water partition coefficient (Wildman–Crippen LogP) is 5.30. The first-order chi connectivity index (χ1) is 16.7. The van der Waals surface area contributed by atoms with E-state index in [-0.39, 0.29) is 17.9 Å². The number of alkyl halides is 3. The van der Waals surface area contributed by atoms with E-state index in [0.717, 1.165) is 25.0 Å². The molecule has 36 heavy (non-hydrogen) atoms. The predicted molar refractivity (Wildman–Crippen MR) is 121 cm³/mol. The number of aryl methyl sites for hydroxylation is 1. The minimum atomic E-state index is -5.33. The molecule has 0 saturated heterocycles. The van der Waals surface area contributed by atoms with Crippen LogP contribution in [0.4, 0.5) is 22.0 Å². The molecular weight excluding hydrogens is 485 g/mol. The highest BCUT2D eigenvalue weighted by Gasteiger charge is 2.43. The van der Waals surface area contributed by atoms with Crippen LogP contribution in [0.5, 0.6) is 0 Å². The van der Waals surface area contributed by atoms with Gasteiger partial charge in [0.25, 0.3) is 0 Å². The molecule has 0 bridgehead atoms. The second-order valence-electron chi connectivity index (χ2n) is 9.78. The summed E-state index contributed by atoms with van der Waals surface area (Å²) in [7, 11) is 0. The Morgan fingerprint density at radius 1 is 1.11 bits per heavy atom. The molecule has 1 aliphatic carbocycles. The molecular formula is C26H28F5NO4. The Hall–Kier alpha value is -3.01. The lowest BCUT2D eigenvalue weighted by molar-refractivity contribution is -0.205. The zero-order valence-electron chi connectivity index (χ0n) is 19.9. The number of benzene rings is 2. The number of fused-ring (bicyclic) bond motifs is 1. The third-order valence-corrected chi connectivity index (χ3v) is 6.27. The number of hydrogen-bond acceptors (Lipinski definition) is 4. The Morgan fingerprint density at radius 3 is 2.28 bits per heavy atom. The van der Waals surface area contributed by atoms with Gasteiger partial charge in [0, 0.05) is 24.1 Å². The summed E-state index contributed by atoms with van der Waals surface area (Å²) >= 11 is 0. The van der Waals surface area contributed by atoms with E-state index in [2.05, 4.69) is 22.2 Å². The smallest absolute Gasteiger partial charge is 0.481 e. The molecule has 0 aromatic heterocycles. The van der Waals surface area contributed by atoms with E-state index in [1.54, 1.807) is 0 Å². The van der Waals surface area contributed by atoms with Crippen LogP contribution in [0.15, 0.2) is 36.4 Å². The van der Waals surface area contributed by atoms with Crippen molar-refractivity contribution in [2.75, 3.05) is 6.54 Å². The van der Waals surface area contributed by atoms with Gasteiger partial charge in [-0.15, -0.1) is 0 Å². The van der Waals surface area contributed by atoms with Gasteiger partial charge in [0.2, 0.25) is 0 Å². The van der Waals surface area contributed by atoms with Gasteiger partial charge in [0.15, 0.2) is 11.6 Å². The number of hydrogen-bond donors (Lipinski definition) is 2. The number of nitrogens with one attached hydrogen (secondary N) is 1. The first kappa shape index (κ1) is 27.6. The molecule has 196 valence electrons. The van der Waals surface area contributed by atoms with Crippen LogP contribution in [-0.2, 0) is 33.6 Å². The topological polar surface area (TPSA) is 75.6 Å². The van der Waals surface area contributed by atoms with Gasteiger partial charge in [0.05, 0.1) is 0 Å². The number of aliphatic carboxylic acids is 1. The molecule has 3 rings (SSSR count). The third kappa shape index (κ3) is 7.25. The van der Waals surface area contributed by atoms with Gasteiger partial charge >= 0.3 is 18.1 Å². The fourth-order valence-electron chi connectivity index (χ4n) is 4.67. The van der Waals surface area contributed by atoms with Crippen molar-refractivity contribution in [2.24, 2.45) is 5.92 Å². The highest BCUT2D eigenvalue weighted by atomic mass is 19.4. The van der Waals surface area contributed by atoms with E-state index in [1.165, 1.54) is 11.1 Å². The Balaban J connectivity index is 1.79. The first-order valence-electron chi connectivity index (χ1n) is 11.5. The number of carboxylic acids is 1. The average molecular weight is 514 g/mol. The van der Waals surface area contributed by atoms with Crippen molar-refractivity contribution in [3.05, 3.63) is 70.3 Å². The summed E-state index contributed by atoms with van der Waals surface area (Å²) in [4.78, 5) is 22.5. The Morgan fingerprint density at radius 2 is 1.72 bits per heavy atom. The van der Waals surface area contributed by atoms with Gasteiger partial charge in [0.1, 0.15) is 6.10 Å². The summed E-state index contributed by atoms with van der Waals surface area (Å²) in [5.74, 6) is -6.27. The minimum Gasteiger partial charge on any atom is -0.481 e. The largest absolute Gasteiger partial charge is 0.490 e. The summed E-state index contributed by atoms with van der Waals surface area (Å²) in [6, 6.07) is 9.84. The summed E-state index contributed by atoms with van der Waals surface area (Å²) in [5, 5.41) is 11.9. The standard InChI is InChI=1S/C26H28F5NO4/c1-25(2,13-16-9-17-5-3-4-6-18(17)10-16)32-14-21(36-24(35)26(29,30)31)19-11-15(7-8-22(33)34)12-20(27)23(19)28/h3-6,11-12,16,21,32H,7-10,13-14H2,1-2H3,(H,33,34)/t21-/m1/s1. The van der Waals surface area contributed by atoms with Crippen LogP contribution < -0.4 is 5.32 Å². The van der Waals surface area contributed by atoms with Gasteiger partial charge in [-0.05, 0) is 74.3 Å². The van der Waals surface area contributed by atoms with Crippen molar-refractivity contribution >= 4 is 11.9 Å². The molecule has 1 aliphatic rings. The van der Waals surface area contributed by atoms with E-state index in [0.29, 0.717) is 6.42 Å². The molecule has 1 atom stereocenters. The van der Waals surface area contributed by atoms with Gasteiger partial charge in [-0.2, -0.15) is 13.2 Å². The van der Waals surface area contributed by atoms with Crippen LogP contribution in [0.1, 0.15) is 55.0 Å². The lowest BCUT2D eigenvalue weighted by atomic mass is 9.88. The van der Waals surface area contributed by atoms with E-state index in [4.69, 9.17) is 5.11 Å². The molecule has 0 radical (unpaired) electrons. The number of halogens is 5. The van der Waals surface area contributed by atoms with E-state index < -0.39 is 59.9 Å². The fourth-order valence-corrected chi connectivity index (χ4v) is 4.67. The molecule has 0 saturated carbocycles. The molecule has 0 unspecified atom stereocenters. The van der Waals surface area contributed by atoms with E-state index in [9.17, 15) is 31.5 Å². The summed E-state index contributed by atoms with van der Waals surface area (Å²) < 4.78 is 72.4. The van der Waals surface area contributed by atoms with Crippen molar-refractivity contribution in [3.63, 3.8) is 0 Å². The monoisotopic (exact) mass is 513 g/mol. The van der Waals surface area contributed by atoms with Crippen LogP contribution in [0.2, 0.25) is 0 Å². The molecule has 2 N–H and O–H groups in total. The molecule has 10 heteroatoms. The van der Waals surface area contributed by atoms with Crippen LogP contribution in [-0.4, -0.2) is 35.3 Å². The van der Waals surface area contributed by atoms with Crippen LogP contribution in [0, 0.1) is 17.6 Å². The number of carbonyl (C=O) groups is 2. The van der Waals surface area contributed by atoms with Crippen molar-refractivity contribution in [1.82, 2.24) is 5.32 Å². The van der Waals surface area contributed by atoms with Crippen molar-refractivity contribution in [3.8, 4) is 0 Å². The van der Waals surface area contributed by atoms with Gasteiger partial charge in [-0.3, -0.25) is 4.79 Å². The maximum atomic E-state index is 14.7. The Bertz CT molecular complexity index is 1090. The first-order valence-corrected chi connectivity index (χ1v) is 11.5. The second kappa shape index (κ2) is 10.9. The van der Waals surface area contributed by atoms with Crippen LogP contribution >= 0.6 is 0 Å². The third-order valence-electron chi connectivity index (χ3n) is 6.27. The molecule has 2 aromatic carbocycles. The average Bonchev–Trinajstić information content (AvgIpc) is 3.18. The normalized spacial score (nSPS) is 15.0. The molecule has 2 aromatic rings. The van der Waals surface area contributed by atoms with Crippen LogP contribution in [0.25, 0.3) is 0 Å². The zero-order chi connectivity index (χ0) is 26.7. The van der Waals surface area contributed by atoms with Crippen molar-refractivity contribution in [2.45, 2.75) is 63.8 Å². The fraction of sp³-hybridized carbons (Fsp3) is 0.462. The summed E-state index contributed by atoms with van der Waals surface area (Å²) in [5.41, 5.74) is 1.31. The molecule has 0 fully saturated rings. The highest BCUT2D eigenvalue weighted by Crippen LogP contribution is 2.33. The SMILES string of the molecule is CC(C)(CC1Cc2ccccc2C1)NC[C@@H](OC(=O)C(F)(F)F)c1cc(CCC(=O)O)cc(F)c1F. The number of carboxylic acid groups (broad SMARTS) is 1. The summed E-state index contributed by atoms with van der Waals surface area (Å²) in [6.45, 7) is 3.25. The maximum Gasteiger partial charge on any atom is 0.490 e. The molecule has 0 aliphatic heterocycles. The summed E-state index contributed by atoms with van der Waals surface area (Å²) in [6.07, 6.45) is -5.37. The van der Waals surface area contributed by atoms with Crippen LogP contribution in [0.3, 0.4) is 0 Å².